The van der Waals surface area contributed by atoms with Crippen molar-refractivity contribution in [3.63, 3.8) is 0 Å². The Hall–Kier alpha value is -1.95. The Morgan fingerprint density at radius 1 is 1.00 bits per heavy atom. The number of benzene rings is 2. The van der Waals surface area contributed by atoms with Crippen molar-refractivity contribution in [3.05, 3.63) is 63.1 Å². The van der Waals surface area contributed by atoms with Gasteiger partial charge in [-0.3, -0.25) is 9.59 Å². The SMILES string of the molecule is CC[C@@H](C)NC(=O)[C@H](CC)N(Cc1ccc(Cl)c(Cl)c1)C(=O)COc1ccccc1Cl. The van der Waals surface area contributed by atoms with Crippen molar-refractivity contribution in [3.8, 4) is 5.75 Å². The van der Waals surface area contributed by atoms with Crippen LogP contribution in [0.25, 0.3) is 0 Å². The largest absolute Gasteiger partial charge is 0.482 e. The third kappa shape index (κ3) is 7.30. The van der Waals surface area contributed by atoms with Crippen molar-refractivity contribution in [2.24, 2.45) is 0 Å². The minimum absolute atomic E-state index is 0.00264. The van der Waals surface area contributed by atoms with Crippen LogP contribution >= 0.6 is 34.8 Å². The topological polar surface area (TPSA) is 58.6 Å². The predicted octanol–water partition coefficient (Wildman–Crippen LogP) is 5.75. The van der Waals surface area contributed by atoms with Crippen molar-refractivity contribution in [2.75, 3.05) is 6.61 Å². The van der Waals surface area contributed by atoms with E-state index < -0.39 is 6.04 Å². The lowest BCUT2D eigenvalue weighted by Crippen LogP contribution is -2.51. The Labute approximate surface area is 198 Å². The molecule has 31 heavy (non-hydrogen) atoms. The first-order valence-electron chi connectivity index (χ1n) is 10.2. The Kier molecular flexibility index (Phi) is 9.94. The summed E-state index contributed by atoms with van der Waals surface area (Å²) in [6.07, 6.45) is 1.24. The van der Waals surface area contributed by atoms with E-state index in [-0.39, 0.29) is 31.0 Å². The molecule has 0 unspecified atom stereocenters. The molecule has 2 aromatic carbocycles. The van der Waals surface area contributed by atoms with E-state index in [9.17, 15) is 9.59 Å². The molecule has 2 amide bonds. The van der Waals surface area contributed by atoms with E-state index in [0.29, 0.717) is 27.2 Å². The fraction of sp³-hybridized carbons (Fsp3) is 0.391. The van der Waals surface area contributed by atoms with Gasteiger partial charge >= 0.3 is 0 Å². The quantitative estimate of drug-likeness (QED) is 0.466. The maximum Gasteiger partial charge on any atom is 0.261 e. The summed E-state index contributed by atoms with van der Waals surface area (Å²) in [7, 11) is 0. The molecule has 0 spiro atoms. The molecular formula is C23H27Cl3N2O3. The Balaban J connectivity index is 2.26. The molecule has 2 aromatic rings. The van der Waals surface area contributed by atoms with Crippen molar-refractivity contribution in [2.45, 2.75) is 52.2 Å². The van der Waals surface area contributed by atoms with E-state index in [2.05, 4.69) is 5.32 Å². The van der Waals surface area contributed by atoms with Crippen LogP contribution in [0.5, 0.6) is 5.75 Å². The van der Waals surface area contributed by atoms with Crippen molar-refractivity contribution in [1.29, 1.82) is 0 Å². The summed E-state index contributed by atoms with van der Waals surface area (Å²) in [4.78, 5) is 27.6. The molecule has 0 aliphatic rings. The standard InChI is InChI=1S/C23H27Cl3N2O3/c1-4-15(3)27-23(30)20(5-2)28(13-16-10-11-17(24)19(26)12-16)22(29)14-31-21-9-7-6-8-18(21)25/h6-12,15,20H,4-5,13-14H2,1-3H3,(H,27,30)/t15-,20+/m1/s1. The molecule has 0 aliphatic heterocycles. The number of hydrogen-bond donors (Lipinski definition) is 1. The second-order valence-corrected chi connectivity index (χ2v) is 8.45. The molecule has 0 bridgehead atoms. The van der Waals surface area contributed by atoms with E-state index in [1.54, 1.807) is 42.5 Å². The Bertz CT molecular complexity index is 907. The van der Waals surface area contributed by atoms with Crippen LogP contribution in [0.15, 0.2) is 42.5 Å². The van der Waals surface area contributed by atoms with E-state index in [1.165, 1.54) is 4.90 Å². The molecule has 1 N–H and O–H groups in total. The zero-order chi connectivity index (χ0) is 23.0. The third-order valence-corrected chi connectivity index (χ3v) is 5.96. The van der Waals surface area contributed by atoms with Crippen LogP contribution in [0.3, 0.4) is 0 Å². The van der Waals surface area contributed by atoms with Crippen LogP contribution < -0.4 is 10.1 Å². The van der Waals surface area contributed by atoms with Crippen LogP contribution in [-0.2, 0) is 16.1 Å². The summed E-state index contributed by atoms with van der Waals surface area (Å²) >= 11 is 18.3. The van der Waals surface area contributed by atoms with Crippen LogP contribution in [0, 0.1) is 0 Å². The number of carbonyl (C=O) groups is 2. The first-order valence-corrected chi connectivity index (χ1v) is 11.3. The molecular weight excluding hydrogens is 459 g/mol. The smallest absolute Gasteiger partial charge is 0.261 e. The van der Waals surface area contributed by atoms with E-state index in [1.807, 2.05) is 20.8 Å². The summed E-state index contributed by atoms with van der Waals surface area (Å²) < 4.78 is 5.63. The number of nitrogens with one attached hydrogen (secondary N) is 1. The number of halogens is 3. The molecule has 0 radical (unpaired) electrons. The van der Waals surface area contributed by atoms with Gasteiger partial charge < -0.3 is 15.0 Å². The molecule has 0 saturated carbocycles. The summed E-state index contributed by atoms with van der Waals surface area (Å²) in [5, 5.41) is 4.18. The average Bonchev–Trinajstić information content (AvgIpc) is 2.75. The van der Waals surface area contributed by atoms with Crippen LogP contribution in [0.2, 0.25) is 15.1 Å². The normalized spacial score (nSPS) is 12.7. The van der Waals surface area contributed by atoms with Gasteiger partial charge in [-0.05, 0) is 49.6 Å². The summed E-state index contributed by atoms with van der Waals surface area (Å²) in [5.74, 6) is -0.135. The molecule has 0 aliphatic carbocycles. The number of carbonyl (C=O) groups excluding carboxylic acids is 2. The summed E-state index contributed by atoms with van der Waals surface area (Å²) in [6, 6.07) is 11.4. The number of para-hydroxylation sites is 1. The number of rotatable bonds is 10. The highest BCUT2D eigenvalue weighted by atomic mass is 35.5. The first-order chi connectivity index (χ1) is 14.8. The van der Waals surface area contributed by atoms with Gasteiger partial charge in [0.15, 0.2) is 6.61 Å². The lowest BCUT2D eigenvalue weighted by molar-refractivity contribution is -0.143. The van der Waals surface area contributed by atoms with Crippen molar-refractivity contribution in [1.82, 2.24) is 10.2 Å². The summed E-state index contributed by atoms with van der Waals surface area (Å²) in [5.41, 5.74) is 0.760. The van der Waals surface area contributed by atoms with E-state index in [4.69, 9.17) is 39.5 Å². The number of nitrogens with zero attached hydrogens (tertiary/aromatic N) is 1. The molecule has 2 rings (SSSR count). The number of ether oxygens (including phenoxy) is 1. The summed E-state index contributed by atoms with van der Waals surface area (Å²) in [6.45, 7) is 5.72. The highest BCUT2D eigenvalue weighted by Crippen LogP contribution is 2.25. The minimum atomic E-state index is -0.661. The van der Waals surface area contributed by atoms with E-state index >= 15 is 0 Å². The zero-order valence-corrected chi connectivity index (χ0v) is 20.1. The Morgan fingerprint density at radius 2 is 1.71 bits per heavy atom. The lowest BCUT2D eigenvalue weighted by Gasteiger charge is -2.31. The fourth-order valence-corrected chi connectivity index (χ4v) is 3.49. The number of amides is 2. The van der Waals surface area contributed by atoms with Gasteiger partial charge in [0.25, 0.3) is 5.91 Å². The molecule has 0 saturated heterocycles. The Morgan fingerprint density at radius 3 is 2.32 bits per heavy atom. The van der Waals surface area contributed by atoms with Gasteiger partial charge in [0.05, 0.1) is 15.1 Å². The maximum absolute atomic E-state index is 13.2. The first kappa shape index (κ1) is 25.3. The van der Waals surface area contributed by atoms with Gasteiger partial charge in [-0.1, -0.05) is 66.8 Å². The lowest BCUT2D eigenvalue weighted by atomic mass is 10.1. The molecule has 168 valence electrons. The van der Waals surface area contributed by atoms with E-state index in [0.717, 1.165) is 12.0 Å². The third-order valence-electron chi connectivity index (χ3n) is 4.91. The minimum Gasteiger partial charge on any atom is -0.482 e. The van der Waals surface area contributed by atoms with Gasteiger partial charge in [-0.15, -0.1) is 0 Å². The van der Waals surface area contributed by atoms with Gasteiger partial charge in [-0.2, -0.15) is 0 Å². The van der Waals surface area contributed by atoms with Crippen molar-refractivity contribution < 1.29 is 14.3 Å². The monoisotopic (exact) mass is 484 g/mol. The van der Waals surface area contributed by atoms with Gasteiger partial charge in [0.2, 0.25) is 5.91 Å². The second kappa shape index (κ2) is 12.2. The van der Waals surface area contributed by atoms with Gasteiger partial charge in [-0.25, -0.2) is 0 Å². The molecule has 0 aromatic heterocycles. The zero-order valence-electron chi connectivity index (χ0n) is 17.8. The number of hydrogen-bond acceptors (Lipinski definition) is 3. The van der Waals surface area contributed by atoms with Crippen molar-refractivity contribution >= 4 is 46.6 Å². The average molecular weight is 486 g/mol. The maximum atomic E-state index is 13.2. The second-order valence-electron chi connectivity index (χ2n) is 7.23. The van der Waals surface area contributed by atoms with Gasteiger partial charge in [0, 0.05) is 12.6 Å². The highest BCUT2D eigenvalue weighted by Gasteiger charge is 2.29. The molecule has 8 heteroatoms. The molecule has 5 nitrogen and oxygen atoms in total. The predicted molar refractivity (Wildman–Crippen MR) is 126 cm³/mol. The molecule has 2 atom stereocenters. The van der Waals surface area contributed by atoms with Crippen LogP contribution in [0.1, 0.15) is 39.2 Å². The molecule has 0 fully saturated rings. The highest BCUT2D eigenvalue weighted by molar-refractivity contribution is 6.42. The molecule has 0 heterocycles. The van der Waals surface area contributed by atoms with Crippen LogP contribution in [-0.4, -0.2) is 35.4 Å². The van der Waals surface area contributed by atoms with Gasteiger partial charge in [0.1, 0.15) is 11.8 Å². The van der Waals surface area contributed by atoms with Crippen LogP contribution in [0.4, 0.5) is 0 Å². The fourth-order valence-electron chi connectivity index (χ4n) is 2.98.